The van der Waals surface area contributed by atoms with E-state index in [1.165, 1.54) is 11.3 Å². The highest BCUT2D eigenvalue weighted by Gasteiger charge is 2.14. The average molecular weight is 459 g/mol. The average Bonchev–Trinajstić information content (AvgIpc) is 3.35. The summed E-state index contributed by atoms with van der Waals surface area (Å²) in [6, 6.07) is 19.9. The molecule has 0 aliphatic carbocycles. The first-order chi connectivity index (χ1) is 16.1. The van der Waals surface area contributed by atoms with Crippen LogP contribution in [0.2, 0.25) is 0 Å². The number of anilines is 1. The highest BCUT2D eigenvalue weighted by atomic mass is 32.1. The summed E-state index contributed by atoms with van der Waals surface area (Å²) in [7, 11) is 0. The van der Waals surface area contributed by atoms with Gasteiger partial charge in [-0.15, -0.1) is 11.3 Å². The monoisotopic (exact) mass is 458 g/mol. The van der Waals surface area contributed by atoms with Crippen molar-refractivity contribution in [1.29, 1.82) is 0 Å². The van der Waals surface area contributed by atoms with Gasteiger partial charge in [0.05, 0.1) is 18.8 Å². The molecule has 2 N–H and O–H groups in total. The lowest BCUT2D eigenvalue weighted by Gasteiger charge is -2.08. The van der Waals surface area contributed by atoms with Crippen molar-refractivity contribution in [2.75, 3.05) is 11.9 Å². The maximum absolute atomic E-state index is 12.7. The number of aromatic nitrogens is 2. The predicted octanol–water partition coefficient (Wildman–Crippen LogP) is 4.79. The highest BCUT2D eigenvalue weighted by molar-refractivity contribution is 7.13. The summed E-state index contributed by atoms with van der Waals surface area (Å²) in [5.41, 5.74) is 2.95. The summed E-state index contributed by atoms with van der Waals surface area (Å²) in [6.45, 7) is 2.86. The molecule has 0 saturated carbocycles. The number of rotatable bonds is 8. The van der Waals surface area contributed by atoms with Gasteiger partial charge in [0, 0.05) is 28.4 Å². The molecule has 2 heterocycles. The molecule has 0 atom stereocenters. The molecule has 166 valence electrons. The molecule has 0 bridgehead atoms. The summed E-state index contributed by atoms with van der Waals surface area (Å²) in [5, 5.41) is 8.09. The van der Waals surface area contributed by atoms with Crippen molar-refractivity contribution in [3.8, 4) is 16.3 Å². The molecule has 4 aromatic rings. The fourth-order valence-electron chi connectivity index (χ4n) is 3.08. The number of nitrogens with zero attached hydrogens (tertiary/aromatic N) is 2. The molecule has 0 spiro atoms. The van der Waals surface area contributed by atoms with Crippen molar-refractivity contribution in [1.82, 2.24) is 15.3 Å². The molecule has 2 aromatic carbocycles. The van der Waals surface area contributed by atoms with Crippen LogP contribution in [0.5, 0.6) is 5.75 Å². The molecule has 7 nitrogen and oxygen atoms in total. The van der Waals surface area contributed by atoms with Crippen LogP contribution in [0.4, 0.5) is 5.69 Å². The summed E-state index contributed by atoms with van der Waals surface area (Å²) < 4.78 is 5.46. The van der Waals surface area contributed by atoms with Gasteiger partial charge in [0.25, 0.3) is 11.8 Å². The molecule has 0 fully saturated rings. The zero-order chi connectivity index (χ0) is 23.0. The number of amides is 2. The van der Waals surface area contributed by atoms with Gasteiger partial charge in [-0.1, -0.05) is 12.1 Å². The Morgan fingerprint density at radius 3 is 2.61 bits per heavy atom. The van der Waals surface area contributed by atoms with Crippen LogP contribution in [-0.4, -0.2) is 28.4 Å². The van der Waals surface area contributed by atoms with E-state index in [0.717, 1.165) is 22.0 Å². The Balaban J connectivity index is 1.39. The molecule has 2 amide bonds. The third-order valence-electron chi connectivity index (χ3n) is 4.69. The van der Waals surface area contributed by atoms with Gasteiger partial charge in [-0.2, -0.15) is 0 Å². The van der Waals surface area contributed by atoms with E-state index in [1.807, 2.05) is 49.4 Å². The molecular weight excluding hydrogens is 436 g/mol. The van der Waals surface area contributed by atoms with Crippen molar-refractivity contribution in [2.24, 2.45) is 0 Å². The number of thiazole rings is 1. The number of hydrogen-bond acceptors (Lipinski definition) is 6. The zero-order valence-corrected chi connectivity index (χ0v) is 18.8. The van der Waals surface area contributed by atoms with E-state index in [1.54, 1.807) is 35.8 Å². The lowest BCUT2D eigenvalue weighted by atomic mass is 10.2. The number of benzene rings is 2. The number of nitrogens with one attached hydrogen (secondary N) is 2. The van der Waals surface area contributed by atoms with E-state index in [-0.39, 0.29) is 11.8 Å². The van der Waals surface area contributed by atoms with Gasteiger partial charge in [0.1, 0.15) is 16.5 Å². The van der Waals surface area contributed by atoms with Crippen LogP contribution < -0.4 is 15.4 Å². The van der Waals surface area contributed by atoms with Gasteiger partial charge >= 0.3 is 0 Å². The van der Waals surface area contributed by atoms with Gasteiger partial charge in [0.2, 0.25) is 0 Å². The van der Waals surface area contributed by atoms with Crippen LogP contribution in [0.3, 0.4) is 0 Å². The third-order valence-corrected chi connectivity index (χ3v) is 5.58. The number of carbonyl (C=O) groups is 2. The van der Waals surface area contributed by atoms with Gasteiger partial charge < -0.3 is 15.4 Å². The van der Waals surface area contributed by atoms with Crippen molar-refractivity contribution in [3.05, 3.63) is 95.3 Å². The Hall–Kier alpha value is -4.04. The van der Waals surface area contributed by atoms with Crippen LogP contribution >= 0.6 is 11.3 Å². The fraction of sp³-hybridized carbons (Fsp3) is 0.120. The molecule has 0 aliphatic rings. The summed E-state index contributed by atoms with van der Waals surface area (Å²) in [6.07, 6.45) is 1.68. The van der Waals surface area contributed by atoms with E-state index >= 15 is 0 Å². The smallest absolute Gasteiger partial charge is 0.275 e. The molecule has 0 aliphatic heterocycles. The first kappa shape index (κ1) is 22.2. The van der Waals surface area contributed by atoms with Gasteiger partial charge in [0.15, 0.2) is 0 Å². The molecule has 2 aromatic heterocycles. The van der Waals surface area contributed by atoms with E-state index in [4.69, 9.17) is 4.74 Å². The summed E-state index contributed by atoms with van der Waals surface area (Å²) >= 11 is 1.39. The van der Waals surface area contributed by atoms with Crippen LogP contribution in [0.15, 0.2) is 78.3 Å². The SMILES string of the molecule is CCOc1ccc(-c2nc(C(=O)Nc3cccc(C(=O)NCc4ccccn4)c3)cs2)cc1. The Bertz CT molecular complexity index is 1240. The molecule has 4 rings (SSSR count). The predicted molar refractivity (Wildman–Crippen MR) is 129 cm³/mol. The van der Waals surface area contributed by atoms with E-state index in [2.05, 4.69) is 20.6 Å². The first-order valence-corrected chi connectivity index (χ1v) is 11.3. The largest absolute Gasteiger partial charge is 0.494 e. The normalized spacial score (nSPS) is 10.5. The minimum absolute atomic E-state index is 0.247. The van der Waals surface area contributed by atoms with E-state index in [9.17, 15) is 9.59 Å². The molecule has 0 radical (unpaired) electrons. The van der Waals surface area contributed by atoms with E-state index < -0.39 is 0 Å². The maximum atomic E-state index is 12.7. The van der Waals surface area contributed by atoms with E-state index in [0.29, 0.717) is 30.1 Å². The third kappa shape index (κ3) is 5.81. The maximum Gasteiger partial charge on any atom is 0.275 e. The molecule has 33 heavy (non-hydrogen) atoms. The number of carbonyl (C=O) groups excluding carboxylic acids is 2. The fourth-order valence-corrected chi connectivity index (χ4v) is 3.89. The first-order valence-electron chi connectivity index (χ1n) is 10.4. The Kier molecular flexibility index (Phi) is 7.06. The lowest BCUT2D eigenvalue weighted by molar-refractivity contribution is 0.0949. The van der Waals surface area contributed by atoms with Crippen LogP contribution in [0.1, 0.15) is 33.5 Å². The number of pyridine rings is 1. The summed E-state index contributed by atoms with van der Waals surface area (Å²) in [5.74, 6) is 0.206. The molecule has 8 heteroatoms. The van der Waals surface area contributed by atoms with Crippen LogP contribution in [0, 0.1) is 0 Å². The zero-order valence-electron chi connectivity index (χ0n) is 17.9. The van der Waals surface area contributed by atoms with Crippen LogP contribution in [-0.2, 0) is 6.54 Å². The van der Waals surface area contributed by atoms with Crippen molar-refractivity contribution < 1.29 is 14.3 Å². The second kappa shape index (κ2) is 10.5. The lowest BCUT2D eigenvalue weighted by Crippen LogP contribution is -2.23. The number of ether oxygens (including phenoxy) is 1. The van der Waals surface area contributed by atoms with Gasteiger partial charge in [-0.05, 0) is 61.5 Å². The Labute approximate surface area is 195 Å². The molecule has 0 saturated heterocycles. The number of hydrogen-bond donors (Lipinski definition) is 2. The van der Waals surface area contributed by atoms with Gasteiger partial charge in [-0.25, -0.2) is 4.98 Å². The van der Waals surface area contributed by atoms with Crippen molar-refractivity contribution in [2.45, 2.75) is 13.5 Å². The second-order valence-electron chi connectivity index (χ2n) is 7.03. The quantitative estimate of drug-likeness (QED) is 0.396. The standard InChI is InChI=1S/C25H22N4O3S/c1-2-32-21-11-9-17(10-12-21)25-29-22(16-33-25)24(31)28-19-8-5-6-18(14-19)23(30)27-15-20-7-3-4-13-26-20/h3-14,16H,2,15H2,1H3,(H,27,30)(H,28,31). The minimum Gasteiger partial charge on any atom is -0.494 e. The topological polar surface area (TPSA) is 93.2 Å². The Morgan fingerprint density at radius 2 is 1.85 bits per heavy atom. The summed E-state index contributed by atoms with van der Waals surface area (Å²) in [4.78, 5) is 33.8. The molecule has 0 unspecified atom stereocenters. The Morgan fingerprint density at radius 1 is 1.00 bits per heavy atom. The van der Waals surface area contributed by atoms with Crippen molar-refractivity contribution in [3.63, 3.8) is 0 Å². The van der Waals surface area contributed by atoms with Gasteiger partial charge in [-0.3, -0.25) is 14.6 Å². The van der Waals surface area contributed by atoms with Crippen molar-refractivity contribution >= 4 is 28.8 Å². The molecular formula is C25H22N4O3S. The van der Waals surface area contributed by atoms with Crippen LogP contribution in [0.25, 0.3) is 10.6 Å². The second-order valence-corrected chi connectivity index (χ2v) is 7.89. The minimum atomic E-state index is -0.338. The highest BCUT2D eigenvalue weighted by Crippen LogP contribution is 2.26.